The van der Waals surface area contributed by atoms with Gasteiger partial charge in [-0.2, -0.15) is 18.3 Å². The summed E-state index contributed by atoms with van der Waals surface area (Å²) < 4.78 is 77.9. The Hall–Kier alpha value is -4.45. The lowest BCUT2D eigenvalue weighted by Gasteiger charge is -2.38. The number of nitrogens with one attached hydrogen (secondary N) is 1. The fourth-order valence-electron chi connectivity index (χ4n) is 4.77. The summed E-state index contributed by atoms with van der Waals surface area (Å²) in [6.45, 7) is -1.25. The summed E-state index contributed by atoms with van der Waals surface area (Å²) in [6, 6.07) is 12.0. The number of halogens is 3. The van der Waals surface area contributed by atoms with E-state index in [1.807, 2.05) is 25.1 Å². The van der Waals surface area contributed by atoms with Crippen molar-refractivity contribution in [2.75, 3.05) is 18.8 Å². The highest BCUT2D eigenvalue weighted by atomic mass is 19.4. The number of likely N-dealkylation sites (tertiary alicyclic amines) is 1. The normalized spacial score (nSPS) is 19.6. The molecule has 0 saturated carbocycles. The zero-order valence-electron chi connectivity index (χ0n) is 24.3. The summed E-state index contributed by atoms with van der Waals surface area (Å²) in [7, 11) is 0. The molecule has 2 unspecified atom stereocenters. The van der Waals surface area contributed by atoms with E-state index in [-0.39, 0.29) is 13.0 Å². The van der Waals surface area contributed by atoms with Gasteiger partial charge in [-0.05, 0) is 62.3 Å². The SMILES string of the molecule is [2H]C([2H])([2H])N1CCC(Oc2cccc3ncnc(Nc4ccc(Oc5ccn6ncnc6c5)c(C)c4)c23)CC1C(F)(F)F. The van der Waals surface area contributed by atoms with Crippen LogP contribution >= 0.6 is 0 Å². The first-order valence-corrected chi connectivity index (χ1v) is 12.5. The van der Waals surface area contributed by atoms with Crippen molar-refractivity contribution in [2.24, 2.45) is 0 Å². The van der Waals surface area contributed by atoms with Gasteiger partial charge in [0, 0.05) is 35.0 Å². The van der Waals surface area contributed by atoms with Crippen molar-refractivity contribution in [2.45, 2.75) is 38.1 Å². The van der Waals surface area contributed by atoms with Gasteiger partial charge in [0.2, 0.25) is 0 Å². The van der Waals surface area contributed by atoms with Gasteiger partial charge in [0.05, 0.1) is 10.9 Å². The molecule has 0 spiro atoms. The first-order valence-electron chi connectivity index (χ1n) is 14.0. The van der Waals surface area contributed by atoms with Crippen LogP contribution in [0.5, 0.6) is 17.2 Å². The van der Waals surface area contributed by atoms with Crippen molar-refractivity contribution in [3.63, 3.8) is 0 Å². The lowest BCUT2D eigenvalue weighted by Crippen LogP contribution is -2.51. The van der Waals surface area contributed by atoms with E-state index in [0.29, 0.717) is 50.2 Å². The molecule has 1 N–H and O–H groups in total. The van der Waals surface area contributed by atoms with Crippen LogP contribution in [0.3, 0.4) is 0 Å². The largest absolute Gasteiger partial charge is 0.489 e. The van der Waals surface area contributed by atoms with E-state index in [0.717, 1.165) is 5.56 Å². The smallest absolute Gasteiger partial charge is 0.404 e. The molecule has 6 rings (SSSR count). The first-order chi connectivity index (χ1) is 20.5. The molecule has 1 fully saturated rings. The highest BCUT2D eigenvalue weighted by Gasteiger charge is 2.46. The van der Waals surface area contributed by atoms with Gasteiger partial charge in [0.25, 0.3) is 0 Å². The third-order valence-corrected chi connectivity index (χ3v) is 6.77. The maximum absolute atomic E-state index is 13.8. The molecule has 2 atom stereocenters. The maximum Gasteiger partial charge on any atom is 0.404 e. The lowest BCUT2D eigenvalue weighted by atomic mass is 9.99. The Morgan fingerprint density at radius 1 is 1.05 bits per heavy atom. The van der Waals surface area contributed by atoms with Gasteiger partial charge in [-0.1, -0.05) is 6.07 Å². The average Bonchev–Trinajstić information content (AvgIpc) is 3.42. The fourth-order valence-corrected chi connectivity index (χ4v) is 4.77. The third-order valence-electron chi connectivity index (χ3n) is 6.77. The number of benzene rings is 2. The molecule has 40 heavy (non-hydrogen) atoms. The minimum atomic E-state index is -4.72. The number of anilines is 2. The molecule has 1 aliphatic rings. The summed E-state index contributed by atoms with van der Waals surface area (Å²) >= 11 is 0. The Balaban J connectivity index is 1.23. The molecule has 0 radical (unpaired) electrons. The Morgan fingerprint density at radius 3 is 2.77 bits per heavy atom. The van der Waals surface area contributed by atoms with Gasteiger partial charge in [-0.15, -0.1) is 0 Å². The lowest BCUT2D eigenvalue weighted by molar-refractivity contribution is -0.194. The number of ether oxygens (including phenoxy) is 2. The number of pyridine rings is 1. The number of piperidine rings is 1. The third kappa shape index (κ3) is 5.22. The molecule has 0 amide bonds. The van der Waals surface area contributed by atoms with Gasteiger partial charge < -0.3 is 14.8 Å². The minimum absolute atomic E-state index is 0.114. The average molecular weight is 553 g/mol. The molecule has 9 nitrogen and oxygen atoms in total. The highest BCUT2D eigenvalue weighted by molar-refractivity contribution is 5.95. The molecule has 12 heteroatoms. The molecular formula is C28H26F3N7O2. The van der Waals surface area contributed by atoms with E-state index in [2.05, 4.69) is 25.4 Å². The quantitative estimate of drug-likeness (QED) is 0.278. The molecule has 4 heterocycles. The standard InChI is InChI=1S/C28H26F3N7O2/c1-17-12-18(6-7-22(17)39-20-9-11-38-25(14-20)33-16-35-38)36-27-26-21(32-15-34-27)4-3-5-23(26)40-19-8-10-37(2)24(13-19)28(29,30)31/h3-7,9,11-12,14-16,19,24H,8,10,13H2,1-2H3,(H,32,34,36)/i2D3. The van der Waals surface area contributed by atoms with Crippen LogP contribution in [0.25, 0.3) is 16.6 Å². The molecular weight excluding hydrogens is 523 g/mol. The van der Waals surface area contributed by atoms with Crippen LogP contribution in [0.1, 0.15) is 22.5 Å². The van der Waals surface area contributed by atoms with Crippen LogP contribution in [-0.4, -0.2) is 61.3 Å². The van der Waals surface area contributed by atoms with Crippen molar-refractivity contribution in [1.82, 2.24) is 29.5 Å². The van der Waals surface area contributed by atoms with Gasteiger partial charge in [-0.3, -0.25) is 4.90 Å². The molecule has 0 bridgehead atoms. The zero-order chi connectivity index (χ0) is 30.4. The van der Waals surface area contributed by atoms with E-state index >= 15 is 0 Å². The Labute approximate surface area is 231 Å². The highest BCUT2D eigenvalue weighted by Crippen LogP contribution is 2.37. The fraction of sp³-hybridized carbons (Fsp3) is 0.286. The van der Waals surface area contributed by atoms with Crippen LogP contribution in [0, 0.1) is 6.92 Å². The summed E-state index contributed by atoms with van der Waals surface area (Å²) in [5.41, 5.74) is 2.71. The summed E-state index contributed by atoms with van der Waals surface area (Å²) in [6.07, 6.45) is -1.39. The second-order valence-corrected chi connectivity index (χ2v) is 9.52. The molecule has 2 aromatic carbocycles. The minimum Gasteiger partial charge on any atom is -0.489 e. The van der Waals surface area contributed by atoms with E-state index < -0.39 is 31.7 Å². The van der Waals surface area contributed by atoms with Crippen LogP contribution < -0.4 is 14.8 Å². The molecule has 1 saturated heterocycles. The number of hydrogen-bond donors (Lipinski definition) is 1. The van der Waals surface area contributed by atoms with Crippen molar-refractivity contribution in [3.8, 4) is 17.2 Å². The van der Waals surface area contributed by atoms with Crippen LogP contribution in [0.2, 0.25) is 0 Å². The molecule has 5 aromatic rings. The van der Waals surface area contributed by atoms with Crippen molar-refractivity contribution < 1.29 is 26.8 Å². The van der Waals surface area contributed by atoms with Crippen molar-refractivity contribution in [1.29, 1.82) is 0 Å². The van der Waals surface area contributed by atoms with Crippen LogP contribution in [0.4, 0.5) is 24.7 Å². The van der Waals surface area contributed by atoms with Gasteiger partial charge in [-0.25, -0.2) is 19.5 Å². The second-order valence-electron chi connectivity index (χ2n) is 9.52. The van der Waals surface area contributed by atoms with Crippen LogP contribution in [0.15, 0.2) is 67.4 Å². The zero-order valence-corrected chi connectivity index (χ0v) is 21.3. The molecule has 0 aliphatic carbocycles. The number of hydrogen-bond acceptors (Lipinski definition) is 8. The molecule has 206 valence electrons. The van der Waals surface area contributed by atoms with E-state index in [1.54, 1.807) is 41.0 Å². The predicted molar refractivity (Wildman–Crippen MR) is 143 cm³/mol. The second kappa shape index (κ2) is 10.3. The predicted octanol–water partition coefficient (Wildman–Crippen LogP) is 5.92. The van der Waals surface area contributed by atoms with E-state index in [9.17, 15) is 13.2 Å². The summed E-state index contributed by atoms with van der Waals surface area (Å²) in [5.74, 6) is 1.94. The number of nitrogens with zero attached hydrogens (tertiary/aromatic N) is 6. The number of rotatable bonds is 6. The molecule has 1 aliphatic heterocycles. The Bertz CT molecular complexity index is 1780. The van der Waals surface area contributed by atoms with Crippen molar-refractivity contribution >= 4 is 28.1 Å². The van der Waals surface area contributed by atoms with Gasteiger partial charge >= 0.3 is 6.18 Å². The monoisotopic (exact) mass is 552 g/mol. The van der Waals surface area contributed by atoms with E-state index in [4.69, 9.17) is 13.6 Å². The maximum atomic E-state index is 13.8. The van der Waals surface area contributed by atoms with Gasteiger partial charge in [0.15, 0.2) is 5.65 Å². The summed E-state index contributed by atoms with van der Waals surface area (Å²) in [4.78, 5) is 13.4. The number of aryl methyl sites for hydroxylation is 1. The van der Waals surface area contributed by atoms with Crippen molar-refractivity contribution in [3.05, 3.63) is 72.9 Å². The number of aromatic nitrogens is 5. The topological polar surface area (TPSA) is 89.7 Å². The Kier molecular flexibility index (Phi) is 5.74. The van der Waals surface area contributed by atoms with E-state index in [1.165, 1.54) is 12.7 Å². The summed E-state index contributed by atoms with van der Waals surface area (Å²) in [5, 5.41) is 7.83. The molecule has 3 aromatic heterocycles. The first kappa shape index (κ1) is 22.4. The van der Waals surface area contributed by atoms with Crippen LogP contribution in [-0.2, 0) is 0 Å². The number of alkyl halides is 3. The Morgan fingerprint density at radius 2 is 1.95 bits per heavy atom. The van der Waals surface area contributed by atoms with Gasteiger partial charge in [0.1, 0.15) is 47.9 Å². The number of fused-ring (bicyclic) bond motifs is 2.